The highest BCUT2D eigenvalue weighted by Gasteiger charge is 2.31. The second-order valence-electron chi connectivity index (χ2n) is 4.48. The number of hydrogen-bond donors (Lipinski definition) is 1. The molecule has 1 saturated heterocycles. The molecule has 0 bridgehead atoms. The summed E-state index contributed by atoms with van der Waals surface area (Å²) in [4.78, 5) is 13.1. The average Bonchev–Trinajstić information content (AvgIpc) is 2.61. The predicted molar refractivity (Wildman–Crippen MR) is 64.0 cm³/mol. The molecule has 0 aliphatic carbocycles. The minimum absolute atomic E-state index is 0.236. The quantitative estimate of drug-likeness (QED) is 0.832. The molecule has 86 valence electrons. The van der Waals surface area contributed by atoms with E-state index in [4.69, 9.17) is 5.73 Å². The molecule has 2 unspecified atom stereocenters. The molecule has 0 saturated carbocycles. The van der Waals surface area contributed by atoms with E-state index in [0.717, 1.165) is 13.0 Å². The molecule has 0 radical (unpaired) electrons. The molecular weight excluding hydrogens is 200 g/mol. The lowest BCUT2D eigenvalue weighted by Crippen LogP contribution is -2.37. The minimum Gasteiger partial charge on any atom is -0.369 e. The molecule has 3 heteroatoms. The molecule has 1 heterocycles. The molecule has 1 aromatic rings. The van der Waals surface area contributed by atoms with E-state index in [1.165, 1.54) is 5.56 Å². The molecule has 0 spiro atoms. The Morgan fingerprint density at radius 2 is 2.12 bits per heavy atom. The Balaban J connectivity index is 2.07. The Labute approximate surface area is 96.2 Å². The van der Waals surface area contributed by atoms with Gasteiger partial charge in [0.1, 0.15) is 0 Å². The summed E-state index contributed by atoms with van der Waals surface area (Å²) < 4.78 is 0. The van der Waals surface area contributed by atoms with Crippen LogP contribution in [-0.2, 0) is 4.79 Å². The van der Waals surface area contributed by atoms with Gasteiger partial charge in [-0.15, -0.1) is 0 Å². The highest BCUT2D eigenvalue weighted by Crippen LogP contribution is 2.32. The van der Waals surface area contributed by atoms with E-state index >= 15 is 0 Å². The van der Waals surface area contributed by atoms with Crippen molar-refractivity contribution in [3.63, 3.8) is 0 Å². The number of likely N-dealkylation sites (tertiary alicyclic amines) is 1. The zero-order valence-electron chi connectivity index (χ0n) is 9.60. The van der Waals surface area contributed by atoms with Crippen molar-refractivity contribution in [3.8, 4) is 0 Å². The first-order valence-electron chi connectivity index (χ1n) is 5.76. The number of carbonyl (C=O) groups is 1. The highest BCUT2D eigenvalue weighted by molar-refractivity contribution is 5.76. The van der Waals surface area contributed by atoms with Crippen molar-refractivity contribution in [1.82, 2.24) is 4.90 Å². The van der Waals surface area contributed by atoms with Gasteiger partial charge in [0, 0.05) is 12.0 Å². The van der Waals surface area contributed by atoms with Gasteiger partial charge < -0.3 is 5.73 Å². The lowest BCUT2D eigenvalue weighted by molar-refractivity contribution is -0.119. The number of carbonyl (C=O) groups excluding carboxylic acids is 1. The Morgan fingerprint density at radius 1 is 1.44 bits per heavy atom. The SMILES string of the molecule is CC1C(c2ccccc2)CCN1CC(N)=O. The number of amides is 1. The maximum atomic E-state index is 10.9. The van der Waals surface area contributed by atoms with Gasteiger partial charge in [-0.3, -0.25) is 9.69 Å². The number of rotatable bonds is 3. The van der Waals surface area contributed by atoms with Crippen molar-refractivity contribution in [2.24, 2.45) is 5.73 Å². The maximum absolute atomic E-state index is 10.9. The van der Waals surface area contributed by atoms with Crippen LogP contribution >= 0.6 is 0 Å². The van der Waals surface area contributed by atoms with Crippen LogP contribution < -0.4 is 5.73 Å². The number of primary amides is 1. The third-order valence-corrected chi connectivity index (χ3v) is 3.47. The molecule has 3 nitrogen and oxygen atoms in total. The van der Waals surface area contributed by atoms with Crippen molar-refractivity contribution in [1.29, 1.82) is 0 Å². The molecule has 2 N–H and O–H groups in total. The van der Waals surface area contributed by atoms with Crippen molar-refractivity contribution in [2.45, 2.75) is 25.3 Å². The molecule has 1 fully saturated rings. The molecule has 1 aliphatic heterocycles. The summed E-state index contributed by atoms with van der Waals surface area (Å²) in [6.45, 7) is 3.52. The summed E-state index contributed by atoms with van der Waals surface area (Å²) in [7, 11) is 0. The van der Waals surface area contributed by atoms with Gasteiger partial charge in [0.25, 0.3) is 0 Å². The van der Waals surface area contributed by atoms with Crippen LogP contribution in [0.4, 0.5) is 0 Å². The fourth-order valence-corrected chi connectivity index (χ4v) is 2.57. The van der Waals surface area contributed by atoms with Crippen LogP contribution in [0.25, 0.3) is 0 Å². The van der Waals surface area contributed by atoms with Crippen molar-refractivity contribution >= 4 is 5.91 Å². The van der Waals surface area contributed by atoms with Gasteiger partial charge in [-0.05, 0) is 25.5 Å². The van der Waals surface area contributed by atoms with Crippen LogP contribution in [0.5, 0.6) is 0 Å². The smallest absolute Gasteiger partial charge is 0.231 e. The fraction of sp³-hybridized carbons (Fsp3) is 0.462. The monoisotopic (exact) mass is 218 g/mol. The standard InChI is InChI=1S/C13H18N2O/c1-10-12(11-5-3-2-4-6-11)7-8-15(10)9-13(14)16/h2-6,10,12H,7-9H2,1H3,(H2,14,16). The minimum atomic E-state index is -0.236. The largest absolute Gasteiger partial charge is 0.369 e. The first-order chi connectivity index (χ1) is 7.68. The van der Waals surface area contributed by atoms with E-state index < -0.39 is 0 Å². The summed E-state index contributed by atoms with van der Waals surface area (Å²) in [5, 5.41) is 0. The van der Waals surface area contributed by atoms with E-state index in [9.17, 15) is 4.79 Å². The highest BCUT2D eigenvalue weighted by atomic mass is 16.1. The van der Waals surface area contributed by atoms with Crippen molar-refractivity contribution in [3.05, 3.63) is 35.9 Å². The fourth-order valence-electron chi connectivity index (χ4n) is 2.57. The van der Waals surface area contributed by atoms with Gasteiger partial charge in [-0.2, -0.15) is 0 Å². The van der Waals surface area contributed by atoms with E-state index in [0.29, 0.717) is 18.5 Å². The molecule has 2 atom stereocenters. The molecule has 16 heavy (non-hydrogen) atoms. The number of benzene rings is 1. The third-order valence-electron chi connectivity index (χ3n) is 3.47. The van der Waals surface area contributed by atoms with E-state index in [2.05, 4.69) is 36.1 Å². The molecule has 1 amide bonds. The maximum Gasteiger partial charge on any atom is 0.231 e. The lowest BCUT2D eigenvalue weighted by Gasteiger charge is -2.23. The van der Waals surface area contributed by atoms with Crippen LogP contribution in [0.15, 0.2) is 30.3 Å². The van der Waals surface area contributed by atoms with Crippen molar-refractivity contribution in [2.75, 3.05) is 13.1 Å². The Hall–Kier alpha value is -1.35. The number of hydrogen-bond acceptors (Lipinski definition) is 2. The lowest BCUT2D eigenvalue weighted by atomic mass is 9.93. The average molecular weight is 218 g/mol. The van der Waals surface area contributed by atoms with Crippen LogP contribution in [-0.4, -0.2) is 29.9 Å². The molecule has 1 aromatic carbocycles. The zero-order valence-corrected chi connectivity index (χ0v) is 9.60. The topological polar surface area (TPSA) is 46.3 Å². The Kier molecular flexibility index (Phi) is 3.25. The Morgan fingerprint density at radius 3 is 2.75 bits per heavy atom. The summed E-state index contributed by atoms with van der Waals surface area (Å²) in [6.07, 6.45) is 1.11. The Bertz CT molecular complexity index is 363. The summed E-state index contributed by atoms with van der Waals surface area (Å²) in [5.41, 5.74) is 6.60. The van der Waals surface area contributed by atoms with Gasteiger partial charge in [-0.25, -0.2) is 0 Å². The first-order valence-corrected chi connectivity index (χ1v) is 5.76. The molecule has 2 rings (SSSR count). The van der Waals surface area contributed by atoms with Crippen LogP contribution in [0.2, 0.25) is 0 Å². The van der Waals surface area contributed by atoms with E-state index in [1.54, 1.807) is 0 Å². The van der Waals surface area contributed by atoms with Crippen LogP contribution in [0.1, 0.15) is 24.8 Å². The summed E-state index contributed by atoms with van der Waals surface area (Å²) >= 11 is 0. The van der Waals surface area contributed by atoms with Gasteiger partial charge >= 0.3 is 0 Å². The molecule has 1 aliphatic rings. The second-order valence-corrected chi connectivity index (χ2v) is 4.48. The second kappa shape index (κ2) is 4.66. The molecule has 0 aromatic heterocycles. The van der Waals surface area contributed by atoms with Gasteiger partial charge in [-0.1, -0.05) is 30.3 Å². The predicted octanol–water partition coefficient (Wildman–Crippen LogP) is 1.35. The number of nitrogens with zero attached hydrogens (tertiary/aromatic N) is 1. The van der Waals surface area contributed by atoms with Crippen LogP contribution in [0, 0.1) is 0 Å². The van der Waals surface area contributed by atoms with Gasteiger partial charge in [0.05, 0.1) is 6.54 Å². The van der Waals surface area contributed by atoms with Gasteiger partial charge in [0.2, 0.25) is 5.91 Å². The van der Waals surface area contributed by atoms with Crippen LogP contribution in [0.3, 0.4) is 0 Å². The van der Waals surface area contributed by atoms with E-state index in [1.807, 2.05) is 6.07 Å². The third kappa shape index (κ3) is 2.25. The number of nitrogens with two attached hydrogens (primary N) is 1. The van der Waals surface area contributed by atoms with Crippen molar-refractivity contribution < 1.29 is 4.79 Å². The normalized spacial score (nSPS) is 25.8. The zero-order chi connectivity index (χ0) is 11.5. The summed E-state index contributed by atoms with van der Waals surface area (Å²) in [6, 6.07) is 10.9. The van der Waals surface area contributed by atoms with E-state index in [-0.39, 0.29) is 5.91 Å². The summed E-state index contributed by atoms with van der Waals surface area (Å²) in [5.74, 6) is 0.293. The molecular formula is C13H18N2O. The first kappa shape index (κ1) is 11.1. The van der Waals surface area contributed by atoms with Gasteiger partial charge in [0.15, 0.2) is 0 Å².